The van der Waals surface area contributed by atoms with Crippen LogP contribution in [0.15, 0.2) is 48.5 Å². The van der Waals surface area contributed by atoms with Crippen LogP contribution in [0.25, 0.3) is 0 Å². The first-order valence-corrected chi connectivity index (χ1v) is 6.86. The number of nitriles is 1. The van der Waals surface area contributed by atoms with Crippen LogP contribution < -0.4 is 4.74 Å². The van der Waals surface area contributed by atoms with Gasteiger partial charge in [0.1, 0.15) is 5.75 Å². The van der Waals surface area contributed by atoms with Gasteiger partial charge >= 0.3 is 0 Å². The number of ketones is 1. The Morgan fingerprint density at radius 1 is 1.19 bits per heavy atom. The van der Waals surface area contributed by atoms with Gasteiger partial charge in [-0.15, -0.1) is 0 Å². The predicted octanol–water partition coefficient (Wildman–Crippen LogP) is 3.94. The summed E-state index contributed by atoms with van der Waals surface area (Å²) in [6.45, 7) is 4.22. The molecule has 0 saturated carbocycles. The van der Waals surface area contributed by atoms with E-state index >= 15 is 0 Å². The van der Waals surface area contributed by atoms with Crippen molar-refractivity contribution in [3.8, 4) is 11.8 Å². The van der Waals surface area contributed by atoms with Crippen molar-refractivity contribution < 1.29 is 9.53 Å². The normalized spacial score (nSPS) is 10.2. The molecular formula is C18H17NO2. The number of hydrogen-bond acceptors (Lipinski definition) is 3. The highest BCUT2D eigenvalue weighted by molar-refractivity contribution is 5.97. The zero-order chi connectivity index (χ0) is 15.2. The molecule has 0 amide bonds. The van der Waals surface area contributed by atoms with Crippen molar-refractivity contribution >= 4 is 5.78 Å². The van der Waals surface area contributed by atoms with Crippen LogP contribution in [0.1, 0.15) is 41.3 Å². The average molecular weight is 279 g/mol. The summed E-state index contributed by atoms with van der Waals surface area (Å²) in [4.78, 5) is 12.0. The molecule has 0 bridgehead atoms. The second kappa shape index (κ2) is 6.71. The molecule has 0 saturated heterocycles. The summed E-state index contributed by atoms with van der Waals surface area (Å²) in [5, 5.41) is 8.73. The Morgan fingerprint density at radius 3 is 2.52 bits per heavy atom. The number of ether oxygens (including phenoxy) is 1. The molecule has 0 fully saturated rings. The number of carbonyl (C=O) groups is 1. The molecule has 0 radical (unpaired) electrons. The van der Waals surface area contributed by atoms with Gasteiger partial charge < -0.3 is 4.74 Å². The van der Waals surface area contributed by atoms with E-state index in [1.54, 1.807) is 24.3 Å². The summed E-state index contributed by atoms with van der Waals surface area (Å²) < 4.78 is 5.56. The van der Waals surface area contributed by atoms with Gasteiger partial charge in [0.25, 0.3) is 0 Å². The highest BCUT2D eigenvalue weighted by Crippen LogP contribution is 2.20. The van der Waals surface area contributed by atoms with E-state index in [-0.39, 0.29) is 12.4 Å². The van der Waals surface area contributed by atoms with Gasteiger partial charge in [0, 0.05) is 5.56 Å². The second-order valence-electron chi connectivity index (χ2n) is 5.13. The fraction of sp³-hybridized carbons (Fsp3) is 0.222. The van der Waals surface area contributed by atoms with Gasteiger partial charge in [-0.25, -0.2) is 0 Å². The molecule has 0 heterocycles. The topological polar surface area (TPSA) is 50.1 Å². The van der Waals surface area contributed by atoms with Gasteiger partial charge in [0.05, 0.1) is 11.6 Å². The van der Waals surface area contributed by atoms with Crippen LogP contribution in [-0.4, -0.2) is 12.4 Å². The van der Waals surface area contributed by atoms with Crippen molar-refractivity contribution in [2.24, 2.45) is 0 Å². The van der Waals surface area contributed by atoms with Crippen LogP contribution in [0.5, 0.6) is 5.75 Å². The van der Waals surface area contributed by atoms with Crippen LogP contribution in [-0.2, 0) is 0 Å². The van der Waals surface area contributed by atoms with Crippen LogP contribution >= 0.6 is 0 Å². The first-order valence-electron chi connectivity index (χ1n) is 6.86. The summed E-state index contributed by atoms with van der Waals surface area (Å²) in [7, 11) is 0. The number of rotatable bonds is 5. The molecule has 21 heavy (non-hydrogen) atoms. The second-order valence-corrected chi connectivity index (χ2v) is 5.13. The molecule has 0 atom stereocenters. The minimum absolute atomic E-state index is 0.00650. The molecule has 0 aliphatic heterocycles. The van der Waals surface area contributed by atoms with E-state index in [9.17, 15) is 4.79 Å². The lowest BCUT2D eigenvalue weighted by Crippen LogP contribution is -2.11. The van der Waals surface area contributed by atoms with Crippen molar-refractivity contribution in [1.82, 2.24) is 0 Å². The Labute approximate surface area is 124 Å². The summed E-state index contributed by atoms with van der Waals surface area (Å²) >= 11 is 0. The fourth-order valence-corrected chi connectivity index (χ4v) is 1.93. The zero-order valence-electron chi connectivity index (χ0n) is 12.2. The predicted molar refractivity (Wildman–Crippen MR) is 81.5 cm³/mol. The van der Waals surface area contributed by atoms with E-state index in [1.165, 1.54) is 5.56 Å². The Morgan fingerprint density at radius 2 is 1.90 bits per heavy atom. The largest absolute Gasteiger partial charge is 0.485 e. The van der Waals surface area contributed by atoms with Crippen molar-refractivity contribution in [1.29, 1.82) is 5.26 Å². The smallest absolute Gasteiger partial charge is 0.200 e. The first-order chi connectivity index (χ1) is 10.1. The maximum atomic E-state index is 12.0. The molecule has 106 valence electrons. The van der Waals surface area contributed by atoms with Crippen molar-refractivity contribution in [3.63, 3.8) is 0 Å². The molecule has 2 aromatic rings. The molecule has 2 aromatic carbocycles. The number of carbonyl (C=O) groups excluding carboxylic acids is 1. The third kappa shape index (κ3) is 3.93. The number of Topliss-reactive ketones (excluding diaryl/α,β-unsaturated/α-hetero) is 1. The maximum Gasteiger partial charge on any atom is 0.200 e. The molecule has 0 spiro atoms. The van der Waals surface area contributed by atoms with Crippen molar-refractivity contribution in [2.45, 2.75) is 19.8 Å². The van der Waals surface area contributed by atoms with Gasteiger partial charge in [0.15, 0.2) is 12.4 Å². The van der Waals surface area contributed by atoms with E-state index in [0.717, 1.165) is 0 Å². The molecule has 2 rings (SSSR count). The Balaban J connectivity index is 2.00. The van der Waals surface area contributed by atoms with E-state index in [4.69, 9.17) is 10.00 Å². The molecule has 0 aromatic heterocycles. The minimum atomic E-state index is -0.102. The molecule has 0 unspecified atom stereocenters. The minimum Gasteiger partial charge on any atom is -0.485 e. The van der Waals surface area contributed by atoms with E-state index < -0.39 is 0 Å². The molecule has 3 nitrogen and oxygen atoms in total. The maximum absolute atomic E-state index is 12.0. The van der Waals surface area contributed by atoms with E-state index in [0.29, 0.717) is 22.8 Å². The van der Waals surface area contributed by atoms with E-state index in [1.807, 2.05) is 30.3 Å². The SMILES string of the molecule is CC(C)c1cccc(OCC(=O)c2ccc(C#N)cc2)c1. The first kappa shape index (κ1) is 14.8. The van der Waals surface area contributed by atoms with Crippen LogP contribution in [0.4, 0.5) is 0 Å². The van der Waals surface area contributed by atoms with Crippen molar-refractivity contribution in [3.05, 3.63) is 65.2 Å². The number of benzene rings is 2. The Kier molecular flexibility index (Phi) is 4.73. The highest BCUT2D eigenvalue weighted by atomic mass is 16.5. The fourth-order valence-electron chi connectivity index (χ4n) is 1.93. The number of hydrogen-bond donors (Lipinski definition) is 0. The van der Waals surface area contributed by atoms with Crippen LogP contribution in [0, 0.1) is 11.3 Å². The zero-order valence-corrected chi connectivity index (χ0v) is 12.2. The van der Waals surface area contributed by atoms with Crippen LogP contribution in [0.2, 0.25) is 0 Å². The van der Waals surface area contributed by atoms with Gasteiger partial charge in [0.2, 0.25) is 0 Å². The molecule has 0 aliphatic rings. The summed E-state index contributed by atoms with van der Waals surface area (Å²) in [5.74, 6) is 1.01. The summed E-state index contributed by atoms with van der Waals surface area (Å²) in [6.07, 6.45) is 0. The Bertz CT molecular complexity index is 666. The standard InChI is InChI=1S/C18H17NO2/c1-13(2)16-4-3-5-17(10-16)21-12-18(20)15-8-6-14(11-19)7-9-15/h3-10,13H,12H2,1-2H3. The molecule has 0 aliphatic carbocycles. The van der Waals surface area contributed by atoms with Gasteiger partial charge in [-0.3, -0.25) is 4.79 Å². The summed E-state index contributed by atoms with van der Waals surface area (Å²) in [5.41, 5.74) is 2.27. The van der Waals surface area contributed by atoms with Gasteiger partial charge in [-0.1, -0.05) is 26.0 Å². The molecule has 3 heteroatoms. The van der Waals surface area contributed by atoms with Crippen molar-refractivity contribution in [2.75, 3.05) is 6.61 Å². The van der Waals surface area contributed by atoms with E-state index in [2.05, 4.69) is 13.8 Å². The third-order valence-electron chi connectivity index (χ3n) is 3.23. The molecule has 0 N–H and O–H groups in total. The Hall–Kier alpha value is -2.60. The lowest BCUT2D eigenvalue weighted by molar-refractivity contribution is 0.0921. The summed E-state index contributed by atoms with van der Waals surface area (Å²) in [6, 6.07) is 16.4. The van der Waals surface area contributed by atoms with Gasteiger partial charge in [-0.05, 0) is 47.9 Å². The third-order valence-corrected chi connectivity index (χ3v) is 3.23. The average Bonchev–Trinajstić information content (AvgIpc) is 2.53. The number of nitrogens with zero attached hydrogens (tertiary/aromatic N) is 1. The quantitative estimate of drug-likeness (QED) is 0.779. The van der Waals surface area contributed by atoms with Gasteiger partial charge in [-0.2, -0.15) is 5.26 Å². The lowest BCUT2D eigenvalue weighted by Gasteiger charge is -2.09. The van der Waals surface area contributed by atoms with Crippen LogP contribution in [0.3, 0.4) is 0 Å². The monoisotopic (exact) mass is 279 g/mol. The highest BCUT2D eigenvalue weighted by Gasteiger charge is 2.08. The lowest BCUT2D eigenvalue weighted by atomic mass is 10.0. The molecular weight excluding hydrogens is 262 g/mol.